The molecule has 0 amide bonds. The number of rotatable bonds is 2. The van der Waals surface area contributed by atoms with E-state index in [9.17, 15) is 0 Å². The Morgan fingerprint density at radius 2 is 2.07 bits per heavy atom. The van der Waals surface area contributed by atoms with Crippen LogP contribution in [0.15, 0.2) is 32.6 Å². The van der Waals surface area contributed by atoms with Crippen molar-refractivity contribution in [1.82, 2.24) is 10.2 Å². The summed E-state index contributed by atoms with van der Waals surface area (Å²) >= 11 is 13.1. The fourth-order valence-corrected chi connectivity index (χ4v) is 2.27. The van der Waals surface area contributed by atoms with Crippen LogP contribution in [0.2, 0.25) is 10.3 Å². The van der Waals surface area contributed by atoms with E-state index in [1.807, 2.05) is 13.0 Å². The molecule has 0 N–H and O–H groups in total. The molecule has 6 heteroatoms. The third kappa shape index (κ3) is 2.45. The highest BCUT2D eigenvalue weighted by molar-refractivity contribution is 7.99. The molecule has 0 aliphatic carbocycles. The predicted molar refractivity (Wildman–Crippen MR) is 59.6 cm³/mol. The van der Waals surface area contributed by atoms with E-state index in [0.29, 0.717) is 10.3 Å². The van der Waals surface area contributed by atoms with Gasteiger partial charge in [-0.15, -0.1) is 10.2 Å². The minimum Gasteiger partial charge on any atom is -0.468 e. The molecule has 0 fully saturated rings. The highest BCUT2D eigenvalue weighted by Crippen LogP contribution is 2.35. The van der Waals surface area contributed by atoms with Crippen molar-refractivity contribution in [3.05, 3.63) is 34.5 Å². The van der Waals surface area contributed by atoms with Crippen LogP contribution in [0.4, 0.5) is 0 Å². The Hall–Kier alpha value is -0.710. The number of hydrogen-bond donors (Lipinski definition) is 0. The topological polar surface area (TPSA) is 38.9 Å². The first kappa shape index (κ1) is 10.8. The van der Waals surface area contributed by atoms with Gasteiger partial charge in [0, 0.05) is 0 Å². The zero-order valence-electron chi connectivity index (χ0n) is 7.70. The normalized spacial score (nSPS) is 10.6. The van der Waals surface area contributed by atoms with Crippen molar-refractivity contribution in [2.24, 2.45) is 0 Å². The monoisotopic (exact) mass is 260 g/mol. The molecule has 0 aromatic carbocycles. The van der Waals surface area contributed by atoms with Crippen molar-refractivity contribution in [1.29, 1.82) is 0 Å². The van der Waals surface area contributed by atoms with Gasteiger partial charge in [-0.1, -0.05) is 35.0 Å². The van der Waals surface area contributed by atoms with Gasteiger partial charge in [-0.25, -0.2) is 0 Å². The van der Waals surface area contributed by atoms with Gasteiger partial charge in [-0.2, -0.15) is 0 Å². The fourth-order valence-electron chi connectivity index (χ4n) is 1.01. The average Bonchev–Trinajstić information content (AvgIpc) is 2.58. The maximum Gasteiger partial charge on any atom is 0.165 e. The largest absolute Gasteiger partial charge is 0.468 e. The molecule has 3 nitrogen and oxygen atoms in total. The molecule has 78 valence electrons. The average molecular weight is 261 g/mol. The van der Waals surface area contributed by atoms with E-state index in [-0.39, 0.29) is 0 Å². The molecule has 2 rings (SSSR count). The van der Waals surface area contributed by atoms with Gasteiger partial charge in [0.25, 0.3) is 0 Å². The zero-order chi connectivity index (χ0) is 10.8. The van der Waals surface area contributed by atoms with Gasteiger partial charge in [0.1, 0.15) is 5.76 Å². The molecule has 2 aromatic rings. The van der Waals surface area contributed by atoms with Crippen LogP contribution in [0.3, 0.4) is 0 Å². The van der Waals surface area contributed by atoms with Gasteiger partial charge < -0.3 is 4.42 Å². The summed E-state index contributed by atoms with van der Waals surface area (Å²) in [4.78, 5) is 1.75. The molecule has 2 aromatic heterocycles. The van der Waals surface area contributed by atoms with Crippen LogP contribution >= 0.6 is 35.0 Å². The molecule has 0 bridgehead atoms. The molecule has 0 unspecified atom stereocenters. The molecular formula is C9H6Cl2N2OS. The van der Waals surface area contributed by atoms with Crippen molar-refractivity contribution < 1.29 is 4.42 Å². The van der Waals surface area contributed by atoms with E-state index in [0.717, 1.165) is 15.6 Å². The minimum atomic E-state index is 0.322. The maximum absolute atomic E-state index is 5.88. The third-order valence-electron chi connectivity index (χ3n) is 1.72. The Morgan fingerprint density at radius 1 is 1.27 bits per heavy atom. The molecule has 2 heterocycles. The molecule has 0 saturated heterocycles. The first-order chi connectivity index (χ1) is 7.16. The third-order valence-corrected chi connectivity index (χ3v) is 3.47. The molecule has 15 heavy (non-hydrogen) atoms. The van der Waals surface area contributed by atoms with Crippen LogP contribution in [-0.4, -0.2) is 10.2 Å². The van der Waals surface area contributed by atoms with E-state index in [1.54, 1.807) is 12.3 Å². The lowest BCUT2D eigenvalue weighted by Gasteiger charge is -2.01. The lowest BCUT2D eigenvalue weighted by molar-refractivity contribution is 0.527. The first-order valence-electron chi connectivity index (χ1n) is 4.07. The summed E-state index contributed by atoms with van der Waals surface area (Å²) in [6, 6.07) is 3.54. The zero-order valence-corrected chi connectivity index (χ0v) is 10.0. The SMILES string of the molecule is Cc1occc1Sc1cc(Cl)nnc1Cl. The summed E-state index contributed by atoms with van der Waals surface area (Å²) < 4.78 is 5.17. The number of nitrogens with zero attached hydrogens (tertiary/aromatic N) is 2. The van der Waals surface area contributed by atoms with Gasteiger partial charge in [0.05, 0.1) is 16.1 Å². The Balaban J connectivity index is 2.32. The first-order valence-corrected chi connectivity index (χ1v) is 5.65. The van der Waals surface area contributed by atoms with Crippen molar-refractivity contribution in [2.75, 3.05) is 0 Å². The quantitative estimate of drug-likeness (QED) is 0.823. The number of aryl methyl sites for hydroxylation is 1. The van der Waals surface area contributed by atoms with E-state index in [1.165, 1.54) is 11.8 Å². The Bertz CT molecular complexity index is 487. The summed E-state index contributed by atoms with van der Waals surface area (Å²) in [5.41, 5.74) is 0. The molecule has 0 atom stereocenters. The van der Waals surface area contributed by atoms with Crippen molar-refractivity contribution >= 4 is 35.0 Å². The van der Waals surface area contributed by atoms with Gasteiger partial charge >= 0.3 is 0 Å². The maximum atomic E-state index is 5.88. The van der Waals surface area contributed by atoms with Crippen molar-refractivity contribution in [2.45, 2.75) is 16.7 Å². The summed E-state index contributed by atoms with van der Waals surface area (Å²) in [5.74, 6) is 0.837. The smallest absolute Gasteiger partial charge is 0.165 e. The van der Waals surface area contributed by atoms with Gasteiger partial charge in [-0.3, -0.25) is 0 Å². The summed E-state index contributed by atoms with van der Waals surface area (Å²) in [5, 5.41) is 8.02. The van der Waals surface area contributed by atoms with Crippen molar-refractivity contribution in [3.63, 3.8) is 0 Å². The van der Waals surface area contributed by atoms with E-state index >= 15 is 0 Å². The molecular weight excluding hydrogens is 255 g/mol. The van der Waals surface area contributed by atoms with Gasteiger partial charge in [0.15, 0.2) is 10.3 Å². The highest BCUT2D eigenvalue weighted by Gasteiger charge is 2.09. The molecule has 0 aliphatic heterocycles. The van der Waals surface area contributed by atoms with Crippen LogP contribution in [0.1, 0.15) is 5.76 Å². The Morgan fingerprint density at radius 3 is 2.73 bits per heavy atom. The molecule has 0 radical (unpaired) electrons. The van der Waals surface area contributed by atoms with Crippen LogP contribution in [0.5, 0.6) is 0 Å². The number of halogens is 2. The van der Waals surface area contributed by atoms with E-state index in [4.69, 9.17) is 27.6 Å². The van der Waals surface area contributed by atoms with Gasteiger partial charge in [0.2, 0.25) is 0 Å². The lowest BCUT2D eigenvalue weighted by Crippen LogP contribution is -1.85. The predicted octanol–water partition coefficient (Wildman–Crippen LogP) is 3.84. The van der Waals surface area contributed by atoms with Crippen LogP contribution < -0.4 is 0 Å². The van der Waals surface area contributed by atoms with E-state index < -0.39 is 0 Å². The number of furan rings is 1. The second-order valence-electron chi connectivity index (χ2n) is 2.77. The number of aromatic nitrogens is 2. The minimum absolute atomic E-state index is 0.322. The second-order valence-corrected chi connectivity index (χ2v) is 4.59. The molecule has 0 spiro atoms. The second kappa shape index (κ2) is 4.43. The highest BCUT2D eigenvalue weighted by atomic mass is 35.5. The summed E-state index contributed by atoms with van der Waals surface area (Å²) in [6.07, 6.45) is 1.63. The van der Waals surface area contributed by atoms with Crippen molar-refractivity contribution in [3.8, 4) is 0 Å². The summed E-state index contributed by atoms with van der Waals surface area (Å²) in [7, 11) is 0. The van der Waals surface area contributed by atoms with Gasteiger partial charge in [-0.05, 0) is 19.1 Å². The van der Waals surface area contributed by atoms with Crippen LogP contribution in [0.25, 0.3) is 0 Å². The molecule has 0 saturated carbocycles. The van der Waals surface area contributed by atoms with Crippen LogP contribution in [-0.2, 0) is 0 Å². The van der Waals surface area contributed by atoms with Crippen LogP contribution in [0, 0.1) is 6.92 Å². The number of hydrogen-bond acceptors (Lipinski definition) is 4. The standard InChI is InChI=1S/C9H6Cl2N2OS/c1-5-6(2-3-14-5)15-7-4-8(10)12-13-9(7)11/h2-4H,1H3. The molecule has 0 aliphatic rings. The Labute approximate surface area is 101 Å². The van der Waals surface area contributed by atoms with E-state index in [2.05, 4.69) is 10.2 Å². The Kier molecular flexibility index (Phi) is 3.19. The fraction of sp³-hybridized carbons (Fsp3) is 0.111. The summed E-state index contributed by atoms with van der Waals surface area (Å²) in [6.45, 7) is 1.88. The lowest BCUT2D eigenvalue weighted by atomic mass is 10.5.